The van der Waals surface area contributed by atoms with Crippen LogP contribution in [0.4, 0.5) is 0 Å². The molecule has 4 nitrogen and oxygen atoms in total. The number of benzene rings is 1. The maximum Gasteiger partial charge on any atom is 0.326 e. The number of aliphatic carboxylic acids is 1. The lowest BCUT2D eigenvalue weighted by molar-refractivity contribution is -0.141. The number of carboxylic acid groups (broad SMARTS) is 1. The fourth-order valence-electron chi connectivity index (χ4n) is 3.67. The lowest BCUT2D eigenvalue weighted by atomic mass is 10.1. The van der Waals surface area contributed by atoms with E-state index in [9.17, 15) is 14.7 Å². The molecule has 1 atom stereocenters. The van der Waals surface area contributed by atoms with Crippen LogP contribution in [0, 0.1) is 0 Å². The molecule has 0 spiro atoms. The van der Waals surface area contributed by atoms with E-state index < -0.39 is 17.9 Å². The lowest BCUT2D eigenvalue weighted by Gasteiger charge is -2.13. The van der Waals surface area contributed by atoms with Crippen LogP contribution in [0.15, 0.2) is 103 Å². The fourth-order valence-corrected chi connectivity index (χ4v) is 3.67. The minimum Gasteiger partial charge on any atom is -0.480 e. The zero-order chi connectivity index (χ0) is 26.8. The van der Waals surface area contributed by atoms with Crippen molar-refractivity contribution in [3.63, 3.8) is 0 Å². The van der Waals surface area contributed by atoms with Gasteiger partial charge in [-0.05, 0) is 18.4 Å². The Hall–Kier alpha value is -3.40. The largest absolute Gasteiger partial charge is 0.480 e. The van der Waals surface area contributed by atoms with E-state index in [1.807, 2.05) is 72.9 Å². The molecular weight excluding hydrogens is 458 g/mol. The topological polar surface area (TPSA) is 66.4 Å². The van der Waals surface area contributed by atoms with Crippen LogP contribution in [0.5, 0.6) is 0 Å². The van der Waals surface area contributed by atoms with Crippen molar-refractivity contribution in [2.75, 3.05) is 0 Å². The standard InChI is InChI=1S/C33H45NO3/c1-2-3-4-5-6-7-8-9-10-11-12-13-14-15-16-17-18-19-20-21-25-28-32(35)34-31(33(36)37)29-30-26-23-22-24-27-30/h12-28,31H,2-11,29H2,1H3,(H,34,35)(H,36,37). The average Bonchev–Trinajstić information content (AvgIpc) is 2.89. The molecule has 0 fully saturated rings. The van der Waals surface area contributed by atoms with Gasteiger partial charge in [0, 0.05) is 12.5 Å². The van der Waals surface area contributed by atoms with Gasteiger partial charge in [0.1, 0.15) is 6.04 Å². The Morgan fingerprint density at radius 3 is 1.81 bits per heavy atom. The molecule has 1 unspecified atom stereocenters. The molecule has 0 radical (unpaired) electrons. The van der Waals surface area contributed by atoms with Gasteiger partial charge in [0.2, 0.25) is 5.91 Å². The van der Waals surface area contributed by atoms with E-state index in [1.165, 1.54) is 63.9 Å². The van der Waals surface area contributed by atoms with Gasteiger partial charge >= 0.3 is 5.97 Å². The quantitative estimate of drug-likeness (QED) is 0.107. The van der Waals surface area contributed by atoms with Crippen molar-refractivity contribution in [1.29, 1.82) is 0 Å². The highest BCUT2D eigenvalue weighted by Crippen LogP contribution is 2.10. The Balaban J connectivity index is 2.14. The summed E-state index contributed by atoms with van der Waals surface area (Å²) < 4.78 is 0. The SMILES string of the molecule is CCCCCCCCCCCC=CC=CC=CC=CC=CC=CC(=O)NC(Cc1ccccc1)C(=O)O. The number of carbonyl (C=O) groups excluding carboxylic acids is 1. The van der Waals surface area contributed by atoms with E-state index in [0.29, 0.717) is 0 Å². The molecule has 1 aromatic rings. The highest BCUT2D eigenvalue weighted by Gasteiger charge is 2.19. The summed E-state index contributed by atoms with van der Waals surface area (Å²) in [6, 6.07) is 8.27. The molecule has 1 aromatic carbocycles. The predicted molar refractivity (Wildman–Crippen MR) is 156 cm³/mol. The number of rotatable bonds is 20. The van der Waals surface area contributed by atoms with Crippen LogP contribution in [0.25, 0.3) is 0 Å². The zero-order valence-corrected chi connectivity index (χ0v) is 22.4. The Labute approximate surface area is 224 Å². The highest BCUT2D eigenvalue weighted by molar-refractivity contribution is 5.91. The van der Waals surface area contributed by atoms with E-state index >= 15 is 0 Å². The van der Waals surface area contributed by atoms with Crippen molar-refractivity contribution < 1.29 is 14.7 Å². The van der Waals surface area contributed by atoms with Crippen LogP contribution in [-0.4, -0.2) is 23.0 Å². The van der Waals surface area contributed by atoms with Crippen LogP contribution in [0.2, 0.25) is 0 Å². The Kier molecular flexibility index (Phi) is 19.7. The molecule has 1 rings (SSSR count). The van der Waals surface area contributed by atoms with Gasteiger partial charge in [-0.3, -0.25) is 4.79 Å². The van der Waals surface area contributed by atoms with E-state index in [2.05, 4.69) is 24.4 Å². The summed E-state index contributed by atoms with van der Waals surface area (Å²) in [6.45, 7) is 2.26. The van der Waals surface area contributed by atoms with E-state index in [0.717, 1.165) is 12.0 Å². The maximum absolute atomic E-state index is 12.0. The summed E-state index contributed by atoms with van der Waals surface area (Å²) in [5.74, 6) is -1.49. The van der Waals surface area contributed by atoms with Gasteiger partial charge in [-0.2, -0.15) is 0 Å². The van der Waals surface area contributed by atoms with Crippen LogP contribution in [0.3, 0.4) is 0 Å². The van der Waals surface area contributed by atoms with Crippen molar-refractivity contribution in [3.8, 4) is 0 Å². The highest BCUT2D eigenvalue weighted by atomic mass is 16.4. The molecule has 2 N–H and O–H groups in total. The first-order valence-corrected chi connectivity index (χ1v) is 13.7. The number of amides is 1. The van der Waals surface area contributed by atoms with Crippen LogP contribution < -0.4 is 5.32 Å². The number of carboxylic acids is 1. The summed E-state index contributed by atoms with van der Waals surface area (Å²) >= 11 is 0. The molecule has 37 heavy (non-hydrogen) atoms. The number of allylic oxidation sites excluding steroid dienone is 11. The lowest BCUT2D eigenvalue weighted by Crippen LogP contribution is -2.41. The molecule has 0 heterocycles. The summed E-state index contributed by atoms with van der Waals surface area (Å²) in [4.78, 5) is 23.4. The first kappa shape index (κ1) is 31.6. The molecule has 1 amide bonds. The molecule has 4 heteroatoms. The fraction of sp³-hybridized carbons (Fsp3) is 0.394. The van der Waals surface area contributed by atoms with Crippen LogP contribution in [0.1, 0.15) is 76.7 Å². The predicted octanol–water partition coefficient (Wildman–Crippen LogP) is 8.06. The number of unbranched alkanes of at least 4 members (excludes halogenated alkanes) is 9. The van der Waals surface area contributed by atoms with Crippen molar-refractivity contribution in [2.24, 2.45) is 0 Å². The first-order valence-electron chi connectivity index (χ1n) is 13.7. The molecule has 0 aliphatic rings. The summed E-state index contributed by atoms with van der Waals surface area (Å²) in [5.41, 5.74) is 0.859. The van der Waals surface area contributed by atoms with Gasteiger partial charge in [-0.25, -0.2) is 4.79 Å². The second kappa shape index (κ2) is 23.0. The normalized spacial score (nSPS) is 13.2. The van der Waals surface area contributed by atoms with Gasteiger partial charge in [0.05, 0.1) is 0 Å². The van der Waals surface area contributed by atoms with E-state index in [-0.39, 0.29) is 6.42 Å². The zero-order valence-electron chi connectivity index (χ0n) is 22.4. The monoisotopic (exact) mass is 503 g/mol. The summed E-state index contributed by atoms with van der Waals surface area (Å²) in [7, 11) is 0. The summed E-state index contributed by atoms with van der Waals surface area (Å²) in [5, 5.41) is 11.9. The smallest absolute Gasteiger partial charge is 0.326 e. The maximum atomic E-state index is 12.0. The van der Waals surface area contributed by atoms with Crippen molar-refractivity contribution in [2.45, 2.75) is 83.6 Å². The molecule has 0 aliphatic carbocycles. The second-order valence-corrected chi connectivity index (χ2v) is 9.03. The van der Waals surface area contributed by atoms with Crippen molar-refractivity contribution in [3.05, 3.63) is 109 Å². The van der Waals surface area contributed by atoms with Crippen LogP contribution >= 0.6 is 0 Å². The Morgan fingerprint density at radius 1 is 0.730 bits per heavy atom. The molecule has 0 aromatic heterocycles. The Bertz CT molecular complexity index is 907. The van der Waals surface area contributed by atoms with Gasteiger partial charge in [-0.15, -0.1) is 0 Å². The third-order valence-corrected chi connectivity index (χ3v) is 5.76. The van der Waals surface area contributed by atoms with Gasteiger partial charge < -0.3 is 10.4 Å². The molecule has 200 valence electrons. The van der Waals surface area contributed by atoms with Crippen molar-refractivity contribution >= 4 is 11.9 Å². The summed E-state index contributed by atoms with van der Waals surface area (Å²) in [6.07, 6.45) is 36.1. The molecule has 0 bridgehead atoms. The molecular formula is C33H45NO3. The minimum absolute atomic E-state index is 0.240. The van der Waals surface area contributed by atoms with Gasteiger partial charge in [0.25, 0.3) is 0 Å². The van der Waals surface area contributed by atoms with Gasteiger partial charge in [-0.1, -0.05) is 155 Å². The third kappa shape index (κ3) is 19.5. The number of hydrogen-bond donors (Lipinski definition) is 2. The van der Waals surface area contributed by atoms with Crippen LogP contribution in [-0.2, 0) is 16.0 Å². The first-order chi connectivity index (χ1) is 18.1. The third-order valence-electron chi connectivity index (χ3n) is 5.76. The van der Waals surface area contributed by atoms with Gasteiger partial charge in [0.15, 0.2) is 0 Å². The Morgan fingerprint density at radius 2 is 1.24 bits per heavy atom. The van der Waals surface area contributed by atoms with Crippen molar-refractivity contribution in [1.82, 2.24) is 5.32 Å². The number of hydrogen-bond acceptors (Lipinski definition) is 2. The minimum atomic E-state index is -1.06. The van der Waals surface area contributed by atoms with E-state index in [1.54, 1.807) is 12.2 Å². The average molecular weight is 504 g/mol. The number of carbonyl (C=O) groups is 2. The molecule has 0 aliphatic heterocycles. The number of nitrogens with one attached hydrogen (secondary N) is 1. The molecule has 0 saturated carbocycles. The second-order valence-electron chi connectivity index (χ2n) is 9.03. The molecule has 0 saturated heterocycles. The van der Waals surface area contributed by atoms with E-state index in [4.69, 9.17) is 0 Å².